The molecule has 10 heteroatoms. The third-order valence-corrected chi connectivity index (χ3v) is 5.73. The summed E-state index contributed by atoms with van der Waals surface area (Å²) in [6.07, 6.45) is 0. The summed E-state index contributed by atoms with van der Waals surface area (Å²) in [5.41, 5.74) is 2.89. The van der Waals surface area contributed by atoms with Gasteiger partial charge >= 0.3 is 0 Å². The zero-order chi connectivity index (χ0) is 21.5. The third-order valence-electron chi connectivity index (χ3n) is 3.76. The van der Waals surface area contributed by atoms with Gasteiger partial charge in [0.25, 0.3) is 5.91 Å². The molecule has 2 aromatic carbocycles. The van der Waals surface area contributed by atoms with Crippen LogP contribution in [0.3, 0.4) is 0 Å². The van der Waals surface area contributed by atoms with E-state index in [0.717, 1.165) is 5.56 Å². The average molecular weight is 442 g/mol. The molecule has 3 N–H and O–H groups in total. The number of hydrogen-bond donors (Lipinski definition) is 3. The van der Waals surface area contributed by atoms with Crippen molar-refractivity contribution in [2.45, 2.75) is 18.2 Å². The van der Waals surface area contributed by atoms with Crippen LogP contribution in [0.1, 0.15) is 22.8 Å². The first-order valence-electron chi connectivity index (χ1n) is 8.91. The second kappa shape index (κ2) is 9.99. The molecule has 0 fully saturated rings. The first kappa shape index (κ1) is 21.5. The summed E-state index contributed by atoms with van der Waals surface area (Å²) in [5.74, 6) is -0.473. The fraction of sp³-hybridized carbons (Fsp3) is 0.150. The Hall–Kier alpha value is -3.24. The number of nitrogens with one attached hydrogen (secondary N) is 3. The number of hydrogen-bond acceptors (Lipinski definition) is 7. The average Bonchev–Trinajstić information content (AvgIpc) is 3.15. The van der Waals surface area contributed by atoms with E-state index >= 15 is 0 Å². The summed E-state index contributed by atoms with van der Waals surface area (Å²) in [4.78, 5) is 35.4. The van der Waals surface area contributed by atoms with Crippen molar-refractivity contribution in [2.75, 3.05) is 21.7 Å². The lowest BCUT2D eigenvalue weighted by atomic mass is 10.1. The first-order valence-corrected chi connectivity index (χ1v) is 10.7. The van der Waals surface area contributed by atoms with Crippen molar-refractivity contribution in [1.29, 1.82) is 0 Å². The molecule has 0 aliphatic carbocycles. The van der Waals surface area contributed by atoms with Gasteiger partial charge in [-0.15, -0.1) is 10.2 Å². The SMILES string of the molecule is CC(=O)Nc1ccc(NC(=O)CSc2nnc(NC(=O)c3ccc(C)cc3)s2)cc1. The Labute approximate surface area is 181 Å². The van der Waals surface area contributed by atoms with Crippen LogP contribution < -0.4 is 16.0 Å². The summed E-state index contributed by atoms with van der Waals surface area (Å²) in [7, 11) is 0. The van der Waals surface area contributed by atoms with Crippen molar-refractivity contribution in [1.82, 2.24) is 10.2 Å². The standard InChI is InChI=1S/C20H19N5O3S2/c1-12-3-5-14(6-4-12)18(28)23-19-24-25-20(30-19)29-11-17(27)22-16-9-7-15(8-10-16)21-13(2)26/h3-10H,11H2,1-2H3,(H,21,26)(H,22,27)(H,23,24,28). The molecule has 1 aromatic heterocycles. The quantitative estimate of drug-likeness (QED) is 0.380. The van der Waals surface area contributed by atoms with E-state index in [9.17, 15) is 14.4 Å². The monoisotopic (exact) mass is 441 g/mol. The van der Waals surface area contributed by atoms with Gasteiger partial charge in [-0.1, -0.05) is 40.8 Å². The number of carbonyl (C=O) groups excluding carboxylic acids is 3. The Morgan fingerprint density at radius 3 is 2.17 bits per heavy atom. The van der Waals surface area contributed by atoms with Crippen molar-refractivity contribution < 1.29 is 14.4 Å². The molecule has 0 unspecified atom stereocenters. The summed E-state index contributed by atoms with van der Waals surface area (Å²) in [5, 5.41) is 16.4. The Balaban J connectivity index is 1.47. The molecule has 30 heavy (non-hydrogen) atoms. The van der Waals surface area contributed by atoms with E-state index in [1.807, 2.05) is 19.1 Å². The van der Waals surface area contributed by atoms with E-state index in [1.54, 1.807) is 36.4 Å². The predicted molar refractivity (Wildman–Crippen MR) is 119 cm³/mol. The molecule has 0 saturated heterocycles. The minimum absolute atomic E-state index is 0.147. The van der Waals surface area contributed by atoms with Crippen LogP contribution in [-0.4, -0.2) is 33.7 Å². The number of carbonyl (C=O) groups is 3. The molecular weight excluding hydrogens is 422 g/mol. The van der Waals surface area contributed by atoms with Gasteiger partial charge in [-0.3, -0.25) is 19.7 Å². The third kappa shape index (κ3) is 6.39. The zero-order valence-electron chi connectivity index (χ0n) is 16.3. The lowest BCUT2D eigenvalue weighted by Crippen LogP contribution is -2.14. The fourth-order valence-corrected chi connectivity index (χ4v) is 3.90. The number of rotatable bonds is 7. The van der Waals surface area contributed by atoms with E-state index in [1.165, 1.54) is 30.0 Å². The maximum absolute atomic E-state index is 12.2. The summed E-state index contributed by atoms with van der Waals surface area (Å²) < 4.78 is 0.574. The highest BCUT2D eigenvalue weighted by Gasteiger charge is 2.12. The van der Waals surface area contributed by atoms with E-state index in [-0.39, 0.29) is 23.5 Å². The highest BCUT2D eigenvalue weighted by atomic mass is 32.2. The maximum Gasteiger partial charge on any atom is 0.257 e. The van der Waals surface area contributed by atoms with Crippen LogP contribution in [0, 0.1) is 6.92 Å². The molecule has 0 aliphatic heterocycles. The number of aryl methyl sites for hydroxylation is 1. The largest absolute Gasteiger partial charge is 0.326 e. The van der Waals surface area contributed by atoms with Gasteiger partial charge in [-0.05, 0) is 43.3 Å². The van der Waals surface area contributed by atoms with Gasteiger partial charge in [0, 0.05) is 23.9 Å². The lowest BCUT2D eigenvalue weighted by Gasteiger charge is -2.06. The molecule has 0 bridgehead atoms. The fourth-order valence-electron chi connectivity index (χ4n) is 2.36. The van der Waals surface area contributed by atoms with Crippen LogP contribution in [0.25, 0.3) is 0 Å². The molecule has 1 heterocycles. The maximum atomic E-state index is 12.2. The van der Waals surface area contributed by atoms with Crippen molar-refractivity contribution in [3.8, 4) is 0 Å². The Bertz CT molecular complexity index is 1050. The lowest BCUT2D eigenvalue weighted by molar-refractivity contribution is -0.114. The number of nitrogens with zero attached hydrogens (tertiary/aromatic N) is 2. The van der Waals surface area contributed by atoms with Gasteiger partial charge in [0.15, 0.2) is 4.34 Å². The predicted octanol–water partition coefficient (Wildman–Crippen LogP) is 3.79. The first-order chi connectivity index (χ1) is 14.4. The molecule has 3 amide bonds. The molecular formula is C20H19N5O3S2. The van der Waals surface area contributed by atoms with Crippen molar-refractivity contribution in [3.05, 3.63) is 59.7 Å². The van der Waals surface area contributed by atoms with Crippen LogP contribution in [0.5, 0.6) is 0 Å². The van der Waals surface area contributed by atoms with E-state index < -0.39 is 0 Å². The normalized spacial score (nSPS) is 10.3. The summed E-state index contributed by atoms with van der Waals surface area (Å²) in [6.45, 7) is 3.38. The number of anilines is 3. The summed E-state index contributed by atoms with van der Waals surface area (Å²) >= 11 is 2.43. The van der Waals surface area contributed by atoms with Crippen LogP contribution in [-0.2, 0) is 9.59 Å². The number of thioether (sulfide) groups is 1. The number of benzene rings is 2. The van der Waals surface area contributed by atoms with Gasteiger partial charge in [0.05, 0.1) is 5.75 Å². The van der Waals surface area contributed by atoms with Crippen LogP contribution >= 0.6 is 23.1 Å². The summed E-state index contributed by atoms with van der Waals surface area (Å²) in [6, 6.07) is 14.0. The molecule has 0 saturated carbocycles. The zero-order valence-corrected chi connectivity index (χ0v) is 17.9. The van der Waals surface area contributed by atoms with Crippen LogP contribution in [0.15, 0.2) is 52.9 Å². The van der Waals surface area contributed by atoms with Crippen molar-refractivity contribution in [2.24, 2.45) is 0 Å². The van der Waals surface area contributed by atoms with Crippen molar-refractivity contribution in [3.63, 3.8) is 0 Å². The Morgan fingerprint density at radius 1 is 0.900 bits per heavy atom. The molecule has 154 valence electrons. The highest BCUT2D eigenvalue weighted by Crippen LogP contribution is 2.26. The molecule has 3 aromatic rings. The molecule has 0 radical (unpaired) electrons. The van der Waals surface area contributed by atoms with Gasteiger partial charge in [0.2, 0.25) is 16.9 Å². The van der Waals surface area contributed by atoms with E-state index in [2.05, 4.69) is 26.1 Å². The minimum Gasteiger partial charge on any atom is -0.326 e. The smallest absolute Gasteiger partial charge is 0.257 e. The van der Waals surface area contributed by atoms with Crippen LogP contribution in [0.4, 0.5) is 16.5 Å². The molecule has 0 spiro atoms. The molecule has 8 nitrogen and oxygen atoms in total. The number of amides is 3. The second-order valence-electron chi connectivity index (χ2n) is 6.29. The van der Waals surface area contributed by atoms with Gasteiger partial charge in [-0.2, -0.15) is 0 Å². The van der Waals surface area contributed by atoms with Gasteiger partial charge < -0.3 is 10.6 Å². The second-order valence-corrected chi connectivity index (χ2v) is 8.49. The molecule has 3 rings (SSSR count). The number of aromatic nitrogens is 2. The highest BCUT2D eigenvalue weighted by molar-refractivity contribution is 8.01. The Kier molecular flexibility index (Phi) is 7.15. The van der Waals surface area contributed by atoms with Gasteiger partial charge in [-0.25, -0.2) is 0 Å². The topological polar surface area (TPSA) is 113 Å². The van der Waals surface area contributed by atoms with Crippen molar-refractivity contribution >= 4 is 57.3 Å². The van der Waals surface area contributed by atoms with Gasteiger partial charge in [0.1, 0.15) is 0 Å². The Morgan fingerprint density at radius 2 is 1.53 bits per heavy atom. The molecule has 0 aliphatic rings. The van der Waals surface area contributed by atoms with Crippen LogP contribution in [0.2, 0.25) is 0 Å². The minimum atomic E-state index is -0.261. The molecule has 0 atom stereocenters. The van der Waals surface area contributed by atoms with E-state index in [0.29, 0.717) is 26.4 Å². The van der Waals surface area contributed by atoms with E-state index in [4.69, 9.17) is 0 Å².